The third kappa shape index (κ3) is 7.86. The minimum absolute atomic E-state index is 0. The van der Waals surface area contributed by atoms with Gasteiger partial charge in [-0.15, -0.1) is 70.8 Å². The van der Waals surface area contributed by atoms with Crippen LogP contribution in [0, 0.1) is 12.1 Å². The average Bonchev–Trinajstić information content (AvgIpc) is 3.89. The van der Waals surface area contributed by atoms with E-state index in [2.05, 4.69) is 192 Å². The van der Waals surface area contributed by atoms with Crippen LogP contribution in [0.3, 0.4) is 0 Å². The molecule has 12 rings (SSSR count). The van der Waals surface area contributed by atoms with Gasteiger partial charge in [0.2, 0.25) is 0 Å². The molecule has 8 aromatic carbocycles. The molecule has 0 unspecified atom stereocenters. The minimum atomic E-state index is -0.163. The van der Waals surface area contributed by atoms with E-state index in [9.17, 15) is 0 Å². The van der Waals surface area contributed by atoms with E-state index in [1.165, 1.54) is 77.9 Å². The zero-order valence-corrected chi connectivity index (χ0v) is 37.5. The zero-order chi connectivity index (χ0) is 42.0. The van der Waals surface area contributed by atoms with Crippen molar-refractivity contribution in [3.05, 3.63) is 265 Å². The van der Waals surface area contributed by atoms with E-state index in [1.807, 2.05) is 54.7 Å². The minimum Gasteiger partial charge on any atom is -0.305 e. The largest absolute Gasteiger partial charge is 0.305 e. The van der Waals surface area contributed by atoms with Crippen molar-refractivity contribution >= 4 is 0 Å². The molecule has 1 radical (unpaired) electrons. The number of hydrogen-bond donors (Lipinski definition) is 0. The molecule has 64 heavy (non-hydrogen) atoms. The van der Waals surface area contributed by atoms with E-state index >= 15 is 0 Å². The van der Waals surface area contributed by atoms with Crippen molar-refractivity contribution in [1.29, 1.82) is 0 Å². The molecule has 0 bridgehead atoms. The Morgan fingerprint density at radius 1 is 0.359 bits per heavy atom. The molecule has 0 N–H and O–H groups in total. The van der Waals surface area contributed by atoms with Gasteiger partial charge in [-0.1, -0.05) is 158 Å². The number of fused-ring (bicyclic) bond motifs is 6. The SMILES string of the molecule is [Ir].[c-]1cc2c(cc1-c1ccccn1)CC1(C2)c2cc(-c3ccc(-c4ccccc4)cc3)ccc2-c2ccc(-c3ccc(-c4ccccc4)cc3)cc21.[c-]1ccccc1-c1ccccn1. The number of hydrogen-bond acceptors (Lipinski definition) is 2. The van der Waals surface area contributed by atoms with Crippen LogP contribution in [0.4, 0.5) is 0 Å². The first-order chi connectivity index (χ1) is 31.2. The fourth-order valence-corrected chi connectivity index (χ4v) is 9.56. The monoisotopic (exact) mass is 995 g/mol. The fourth-order valence-electron chi connectivity index (χ4n) is 9.56. The number of aromatic nitrogens is 2. The summed E-state index contributed by atoms with van der Waals surface area (Å²) in [6.45, 7) is 0. The van der Waals surface area contributed by atoms with Crippen LogP contribution in [0.5, 0.6) is 0 Å². The molecule has 2 aromatic heterocycles. The molecule has 2 heterocycles. The standard InChI is InChI=1S/C50H34N.C11H8N.Ir/c1-3-9-34(10-4-1)36-14-18-38(19-15-36)40-24-26-45-46-27-25-41(39-20-16-37(17-21-39)35-11-5-2-6-12-35)31-48(46)50(47(45)30-40)32-43-23-22-42(29-44(43)33-50)49-13-7-8-28-51-49;1-2-6-10(7-3-1)11-8-4-5-9-12-11;/h1-21,23-31H,32-33H2;1-6,8-9H;/q2*-1;. The van der Waals surface area contributed by atoms with Gasteiger partial charge in [0, 0.05) is 37.9 Å². The van der Waals surface area contributed by atoms with Crippen molar-refractivity contribution in [2.75, 3.05) is 0 Å². The topological polar surface area (TPSA) is 25.8 Å². The van der Waals surface area contributed by atoms with E-state index < -0.39 is 0 Å². The number of pyridine rings is 2. The second-order valence-electron chi connectivity index (χ2n) is 16.4. The van der Waals surface area contributed by atoms with Crippen LogP contribution >= 0.6 is 0 Å². The van der Waals surface area contributed by atoms with Gasteiger partial charge in [0.05, 0.1) is 0 Å². The second kappa shape index (κ2) is 17.8. The molecule has 0 fully saturated rings. The van der Waals surface area contributed by atoms with Gasteiger partial charge < -0.3 is 9.97 Å². The number of rotatable bonds is 6. The summed E-state index contributed by atoms with van der Waals surface area (Å²) in [5, 5.41) is 0. The summed E-state index contributed by atoms with van der Waals surface area (Å²) >= 11 is 0. The molecule has 0 aliphatic heterocycles. The molecule has 0 saturated carbocycles. The number of nitrogens with zero attached hydrogens (tertiary/aromatic N) is 2. The Morgan fingerprint density at radius 2 is 0.797 bits per heavy atom. The van der Waals surface area contributed by atoms with Crippen molar-refractivity contribution in [2.24, 2.45) is 0 Å². The molecule has 0 amide bonds. The van der Waals surface area contributed by atoms with Crippen LogP contribution in [0.25, 0.3) is 78.1 Å². The Hall–Kier alpha value is -7.29. The molecule has 2 nitrogen and oxygen atoms in total. The molecule has 0 saturated heterocycles. The maximum Gasteiger partial charge on any atom is 0.0201 e. The smallest absolute Gasteiger partial charge is 0.0201 e. The summed E-state index contributed by atoms with van der Waals surface area (Å²) in [4.78, 5) is 8.86. The molecule has 0 atom stereocenters. The van der Waals surface area contributed by atoms with Gasteiger partial charge in [-0.2, -0.15) is 0 Å². The maximum atomic E-state index is 4.65. The number of benzene rings is 8. The van der Waals surface area contributed by atoms with Crippen molar-refractivity contribution in [3.8, 4) is 78.1 Å². The molecule has 307 valence electrons. The Labute approximate surface area is 389 Å². The van der Waals surface area contributed by atoms with Crippen LogP contribution in [0.1, 0.15) is 22.3 Å². The Morgan fingerprint density at radius 3 is 1.28 bits per heavy atom. The van der Waals surface area contributed by atoms with E-state index in [0.717, 1.165) is 35.4 Å². The van der Waals surface area contributed by atoms with Gasteiger partial charge in [-0.05, 0) is 115 Å². The normalized spacial score (nSPS) is 12.6. The first-order valence-electron chi connectivity index (χ1n) is 21.6. The van der Waals surface area contributed by atoms with Gasteiger partial charge in [0.25, 0.3) is 0 Å². The summed E-state index contributed by atoms with van der Waals surface area (Å²) in [6, 6.07) is 84.7. The van der Waals surface area contributed by atoms with E-state index in [4.69, 9.17) is 0 Å². The first-order valence-corrected chi connectivity index (χ1v) is 21.6. The van der Waals surface area contributed by atoms with E-state index in [-0.39, 0.29) is 25.5 Å². The predicted octanol–water partition coefficient (Wildman–Crippen LogP) is 14.8. The molecular weight excluding hydrogens is 953 g/mol. The van der Waals surface area contributed by atoms with Gasteiger partial charge in [0.1, 0.15) is 0 Å². The first kappa shape index (κ1) is 40.8. The fraction of sp³-hybridized carbons (Fsp3) is 0.0492. The van der Waals surface area contributed by atoms with E-state index in [1.54, 1.807) is 6.20 Å². The van der Waals surface area contributed by atoms with Gasteiger partial charge >= 0.3 is 0 Å². The second-order valence-corrected chi connectivity index (χ2v) is 16.4. The molecule has 2 aliphatic rings. The van der Waals surface area contributed by atoms with Gasteiger partial charge in [-0.3, -0.25) is 0 Å². The van der Waals surface area contributed by atoms with Crippen LogP contribution in [0.2, 0.25) is 0 Å². The van der Waals surface area contributed by atoms with Crippen LogP contribution in [0.15, 0.2) is 231 Å². The molecule has 1 spiro atoms. The van der Waals surface area contributed by atoms with Crippen LogP contribution in [-0.4, -0.2) is 9.97 Å². The van der Waals surface area contributed by atoms with Crippen LogP contribution in [-0.2, 0) is 38.4 Å². The van der Waals surface area contributed by atoms with E-state index in [0.29, 0.717) is 0 Å². The molecular formula is C61H42IrN2-2. The average molecular weight is 995 g/mol. The predicted molar refractivity (Wildman–Crippen MR) is 259 cm³/mol. The third-order valence-corrected chi connectivity index (χ3v) is 12.7. The summed E-state index contributed by atoms with van der Waals surface area (Å²) in [7, 11) is 0. The molecule has 3 heteroatoms. The zero-order valence-electron chi connectivity index (χ0n) is 35.1. The Balaban J connectivity index is 0.000000323. The molecule has 2 aliphatic carbocycles. The molecule has 10 aromatic rings. The summed E-state index contributed by atoms with van der Waals surface area (Å²) < 4.78 is 0. The van der Waals surface area contributed by atoms with Crippen molar-refractivity contribution in [3.63, 3.8) is 0 Å². The Bertz CT molecular complexity index is 3000. The quantitative estimate of drug-likeness (QED) is 0.155. The third-order valence-electron chi connectivity index (χ3n) is 12.7. The summed E-state index contributed by atoms with van der Waals surface area (Å²) in [6.07, 6.45) is 5.55. The van der Waals surface area contributed by atoms with Crippen molar-refractivity contribution < 1.29 is 20.1 Å². The maximum absolute atomic E-state index is 4.65. The Kier molecular flexibility index (Phi) is 11.4. The van der Waals surface area contributed by atoms with Crippen molar-refractivity contribution in [2.45, 2.75) is 18.3 Å². The van der Waals surface area contributed by atoms with Gasteiger partial charge in [0.15, 0.2) is 0 Å². The summed E-state index contributed by atoms with van der Waals surface area (Å²) in [5.41, 5.74) is 22.1. The van der Waals surface area contributed by atoms with Gasteiger partial charge in [-0.25, -0.2) is 0 Å². The van der Waals surface area contributed by atoms with Crippen LogP contribution < -0.4 is 0 Å². The summed E-state index contributed by atoms with van der Waals surface area (Å²) in [5.74, 6) is 0. The van der Waals surface area contributed by atoms with Crippen molar-refractivity contribution in [1.82, 2.24) is 9.97 Å².